The van der Waals surface area contributed by atoms with Gasteiger partial charge in [0.2, 0.25) is 0 Å². The molecule has 1 heterocycles. The van der Waals surface area contributed by atoms with E-state index in [4.69, 9.17) is 5.73 Å². The number of para-hydroxylation sites is 1. The van der Waals surface area contributed by atoms with E-state index in [1.165, 1.54) is 11.3 Å². The highest BCUT2D eigenvalue weighted by Gasteiger charge is 2.10. The molecule has 0 aliphatic heterocycles. The molecule has 0 bridgehead atoms. The zero-order valence-corrected chi connectivity index (χ0v) is 11.1. The average molecular weight is 241 g/mol. The summed E-state index contributed by atoms with van der Waals surface area (Å²) in [5.41, 5.74) is 10.2. The van der Waals surface area contributed by atoms with E-state index in [1.54, 1.807) is 0 Å². The van der Waals surface area contributed by atoms with Crippen LogP contribution in [0.5, 0.6) is 0 Å². The van der Waals surface area contributed by atoms with Crippen LogP contribution in [0.2, 0.25) is 0 Å². The van der Waals surface area contributed by atoms with E-state index < -0.39 is 0 Å². The number of pyridine rings is 1. The molecule has 0 spiro atoms. The fourth-order valence-corrected chi connectivity index (χ4v) is 2.14. The molecule has 0 radical (unpaired) electrons. The molecule has 18 heavy (non-hydrogen) atoms. The molecule has 2 rings (SSSR count). The van der Waals surface area contributed by atoms with Crippen molar-refractivity contribution in [2.24, 2.45) is 5.73 Å². The van der Waals surface area contributed by atoms with Crippen molar-refractivity contribution < 1.29 is 0 Å². The highest BCUT2D eigenvalue weighted by molar-refractivity contribution is 5.65. The lowest BCUT2D eigenvalue weighted by Gasteiger charge is -2.22. The van der Waals surface area contributed by atoms with Crippen LogP contribution in [0.3, 0.4) is 0 Å². The molecule has 0 saturated carbocycles. The summed E-state index contributed by atoms with van der Waals surface area (Å²) in [6.45, 7) is 4.70. The maximum Gasteiger partial charge on any atom is 0.135 e. The number of nitrogens with zero attached hydrogens (tertiary/aromatic N) is 2. The van der Waals surface area contributed by atoms with Crippen molar-refractivity contribution >= 4 is 11.5 Å². The lowest BCUT2D eigenvalue weighted by molar-refractivity contribution is 1.02. The van der Waals surface area contributed by atoms with Crippen molar-refractivity contribution in [1.29, 1.82) is 0 Å². The third kappa shape index (κ3) is 2.36. The van der Waals surface area contributed by atoms with Gasteiger partial charge in [-0.05, 0) is 42.7 Å². The lowest BCUT2D eigenvalue weighted by atomic mass is 10.1. The number of hydrogen-bond donors (Lipinski definition) is 1. The highest BCUT2D eigenvalue weighted by Crippen LogP contribution is 2.27. The summed E-state index contributed by atoms with van der Waals surface area (Å²) in [7, 11) is 2.04. The zero-order valence-electron chi connectivity index (χ0n) is 11.1. The van der Waals surface area contributed by atoms with Gasteiger partial charge in [-0.1, -0.05) is 18.2 Å². The van der Waals surface area contributed by atoms with Gasteiger partial charge < -0.3 is 10.6 Å². The molecule has 1 aromatic heterocycles. The number of aryl methyl sites for hydroxylation is 2. The molecule has 1 aromatic carbocycles. The van der Waals surface area contributed by atoms with Gasteiger partial charge in [-0.25, -0.2) is 4.98 Å². The van der Waals surface area contributed by atoms with Gasteiger partial charge in [0.1, 0.15) is 5.82 Å². The van der Waals surface area contributed by atoms with Gasteiger partial charge in [-0.2, -0.15) is 0 Å². The third-order valence-electron chi connectivity index (χ3n) is 3.14. The van der Waals surface area contributed by atoms with Crippen molar-refractivity contribution in [3.8, 4) is 0 Å². The maximum absolute atomic E-state index is 5.63. The van der Waals surface area contributed by atoms with E-state index in [0.29, 0.717) is 6.54 Å². The molecule has 0 unspecified atom stereocenters. The Morgan fingerprint density at radius 2 is 1.89 bits per heavy atom. The van der Waals surface area contributed by atoms with E-state index in [0.717, 1.165) is 16.9 Å². The molecule has 0 aliphatic carbocycles. The minimum atomic E-state index is 0.530. The standard InChI is InChI=1S/C15H19N3/c1-11-6-4-5-7-14(11)18(3)15-12(2)8-13(9-16)10-17-15/h4-8,10H,9,16H2,1-3H3. The molecule has 0 saturated heterocycles. The topological polar surface area (TPSA) is 42.2 Å². The van der Waals surface area contributed by atoms with Gasteiger partial charge in [0.25, 0.3) is 0 Å². The molecule has 3 heteroatoms. The quantitative estimate of drug-likeness (QED) is 0.898. The Labute approximate surface area is 108 Å². The van der Waals surface area contributed by atoms with Crippen LogP contribution in [0.25, 0.3) is 0 Å². The number of nitrogens with two attached hydrogens (primary N) is 1. The third-order valence-corrected chi connectivity index (χ3v) is 3.14. The van der Waals surface area contributed by atoms with Gasteiger partial charge in [-0.3, -0.25) is 0 Å². The molecule has 0 amide bonds. The SMILES string of the molecule is Cc1ccccc1N(C)c1ncc(CN)cc1C. The van der Waals surface area contributed by atoms with Crippen molar-refractivity contribution in [2.45, 2.75) is 20.4 Å². The maximum atomic E-state index is 5.63. The van der Waals surface area contributed by atoms with Crippen molar-refractivity contribution in [3.63, 3.8) is 0 Å². The molecule has 2 N–H and O–H groups in total. The van der Waals surface area contributed by atoms with Crippen LogP contribution in [-0.2, 0) is 6.54 Å². The molecular weight excluding hydrogens is 222 g/mol. The summed E-state index contributed by atoms with van der Waals surface area (Å²) >= 11 is 0. The predicted octanol–water partition coefficient (Wildman–Crippen LogP) is 2.93. The van der Waals surface area contributed by atoms with E-state index in [9.17, 15) is 0 Å². The molecular formula is C15H19N3. The number of benzene rings is 1. The first-order valence-corrected chi connectivity index (χ1v) is 6.08. The zero-order chi connectivity index (χ0) is 13.1. The molecule has 3 nitrogen and oxygen atoms in total. The summed E-state index contributed by atoms with van der Waals surface area (Å²) in [5, 5.41) is 0. The summed E-state index contributed by atoms with van der Waals surface area (Å²) in [6.07, 6.45) is 1.84. The second-order valence-corrected chi connectivity index (χ2v) is 4.53. The average Bonchev–Trinajstić information content (AvgIpc) is 2.38. The van der Waals surface area contributed by atoms with Gasteiger partial charge >= 0.3 is 0 Å². The van der Waals surface area contributed by atoms with E-state index in [1.807, 2.05) is 25.4 Å². The number of anilines is 2. The van der Waals surface area contributed by atoms with Crippen LogP contribution >= 0.6 is 0 Å². The smallest absolute Gasteiger partial charge is 0.135 e. The van der Waals surface area contributed by atoms with Gasteiger partial charge in [0, 0.05) is 25.5 Å². The van der Waals surface area contributed by atoms with Crippen molar-refractivity contribution in [3.05, 3.63) is 53.2 Å². The molecule has 0 atom stereocenters. The Bertz CT molecular complexity index is 549. The number of hydrogen-bond acceptors (Lipinski definition) is 3. The first kappa shape index (κ1) is 12.6. The predicted molar refractivity (Wildman–Crippen MR) is 76.1 cm³/mol. The molecule has 2 aromatic rings. The van der Waals surface area contributed by atoms with Crippen LogP contribution in [0.15, 0.2) is 36.5 Å². The Morgan fingerprint density at radius 3 is 2.50 bits per heavy atom. The highest BCUT2D eigenvalue weighted by atomic mass is 15.2. The minimum Gasteiger partial charge on any atom is -0.329 e. The number of aromatic nitrogens is 1. The Kier molecular flexibility index (Phi) is 3.63. The second-order valence-electron chi connectivity index (χ2n) is 4.53. The summed E-state index contributed by atoms with van der Waals surface area (Å²) in [6, 6.07) is 10.4. The molecule has 0 fully saturated rings. The molecule has 0 aliphatic rings. The largest absolute Gasteiger partial charge is 0.329 e. The van der Waals surface area contributed by atoms with Crippen LogP contribution < -0.4 is 10.6 Å². The fourth-order valence-electron chi connectivity index (χ4n) is 2.14. The van der Waals surface area contributed by atoms with Crippen molar-refractivity contribution in [2.75, 3.05) is 11.9 Å². The summed E-state index contributed by atoms with van der Waals surface area (Å²) < 4.78 is 0. The lowest BCUT2D eigenvalue weighted by Crippen LogP contribution is -2.14. The number of rotatable bonds is 3. The normalized spacial score (nSPS) is 10.4. The van der Waals surface area contributed by atoms with Crippen LogP contribution in [0.1, 0.15) is 16.7 Å². The monoisotopic (exact) mass is 241 g/mol. The van der Waals surface area contributed by atoms with Gasteiger partial charge in [0.15, 0.2) is 0 Å². The summed E-state index contributed by atoms with van der Waals surface area (Å²) in [4.78, 5) is 6.63. The van der Waals surface area contributed by atoms with Gasteiger partial charge in [0.05, 0.1) is 0 Å². The van der Waals surface area contributed by atoms with Crippen LogP contribution in [0.4, 0.5) is 11.5 Å². The first-order chi connectivity index (χ1) is 8.63. The van der Waals surface area contributed by atoms with E-state index >= 15 is 0 Å². The summed E-state index contributed by atoms with van der Waals surface area (Å²) in [5.74, 6) is 0.974. The fraction of sp³-hybridized carbons (Fsp3) is 0.267. The first-order valence-electron chi connectivity index (χ1n) is 6.08. The Morgan fingerprint density at radius 1 is 1.17 bits per heavy atom. The van der Waals surface area contributed by atoms with Crippen LogP contribution in [-0.4, -0.2) is 12.0 Å². The Balaban J connectivity index is 2.40. The second kappa shape index (κ2) is 5.19. The Hall–Kier alpha value is -1.87. The van der Waals surface area contributed by atoms with Crippen molar-refractivity contribution in [1.82, 2.24) is 4.98 Å². The molecule has 94 valence electrons. The minimum absolute atomic E-state index is 0.530. The van der Waals surface area contributed by atoms with Gasteiger partial charge in [-0.15, -0.1) is 0 Å². The van der Waals surface area contributed by atoms with E-state index in [-0.39, 0.29) is 0 Å². The van der Waals surface area contributed by atoms with E-state index in [2.05, 4.69) is 41.9 Å². The van der Waals surface area contributed by atoms with Crippen LogP contribution in [0, 0.1) is 13.8 Å².